The lowest BCUT2D eigenvalue weighted by Gasteiger charge is -2.33. The highest BCUT2D eigenvalue weighted by atomic mass is 32.2. The third kappa shape index (κ3) is 6.20. The van der Waals surface area contributed by atoms with Crippen LogP contribution in [0.25, 0.3) is 11.3 Å². The van der Waals surface area contributed by atoms with Crippen LogP contribution in [0.15, 0.2) is 58.1 Å². The van der Waals surface area contributed by atoms with Crippen LogP contribution in [0.2, 0.25) is 0 Å². The van der Waals surface area contributed by atoms with E-state index in [2.05, 4.69) is 30.1 Å². The number of carbonyl (C=O) groups excluding carboxylic acids is 2. The molecular weight excluding hydrogens is 498 g/mol. The van der Waals surface area contributed by atoms with Gasteiger partial charge in [-0.3, -0.25) is 9.59 Å². The van der Waals surface area contributed by atoms with Gasteiger partial charge in [0, 0.05) is 57.8 Å². The molecule has 0 spiro atoms. The van der Waals surface area contributed by atoms with Gasteiger partial charge in [-0.1, -0.05) is 61.4 Å². The molecule has 5 rings (SSSR count). The second kappa shape index (κ2) is 12.0. The molecule has 2 aromatic heterocycles. The molecule has 1 saturated heterocycles. The first-order valence-electron chi connectivity index (χ1n) is 13.4. The number of anilines is 1. The molecule has 38 heavy (non-hydrogen) atoms. The van der Waals surface area contributed by atoms with Crippen LogP contribution in [0, 0.1) is 0 Å². The summed E-state index contributed by atoms with van der Waals surface area (Å²) in [7, 11) is 2.14. The van der Waals surface area contributed by atoms with Crippen molar-refractivity contribution in [2.24, 2.45) is 0 Å². The Morgan fingerprint density at radius 2 is 1.68 bits per heavy atom. The van der Waals surface area contributed by atoms with Crippen LogP contribution in [0.1, 0.15) is 55.3 Å². The number of amides is 2. The van der Waals surface area contributed by atoms with Crippen LogP contribution < -0.4 is 4.90 Å². The van der Waals surface area contributed by atoms with E-state index in [4.69, 9.17) is 14.4 Å². The number of nitrogens with zero attached hydrogens (tertiary/aromatic N) is 5. The topological polar surface area (TPSA) is 82.8 Å². The molecule has 0 atom stereocenters. The summed E-state index contributed by atoms with van der Waals surface area (Å²) in [6, 6.07) is 16.4. The van der Waals surface area contributed by atoms with Gasteiger partial charge in [-0.05, 0) is 25.0 Å². The summed E-state index contributed by atoms with van der Waals surface area (Å²) in [5, 5.41) is 0.689. The molecule has 8 nitrogen and oxygen atoms in total. The van der Waals surface area contributed by atoms with E-state index in [-0.39, 0.29) is 11.8 Å². The van der Waals surface area contributed by atoms with Gasteiger partial charge < -0.3 is 19.1 Å². The Labute approximate surface area is 228 Å². The highest BCUT2D eigenvalue weighted by Crippen LogP contribution is 2.31. The van der Waals surface area contributed by atoms with Gasteiger partial charge in [0.05, 0.1) is 11.4 Å². The number of rotatable bonds is 7. The SMILES string of the molecule is CC(=O)N1CCN(C(=O)c2ccc(CSc3nc(-c4ccccc4)cc(N(C)C4CCCCC4)n3)o2)CC1. The average molecular weight is 534 g/mol. The van der Waals surface area contributed by atoms with Crippen LogP contribution in [-0.4, -0.2) is 70.9 Å². The van der Waals surface area contributed by atoms with Crippen molar-refractivity contribution in [3.63, 3.8) is 0 Å². The molecule has 1 aromatic carbocycles. The largest absolute Gasteiger partial charge is 0.455 e. The number of thioether (sulfide) groups is 1. The molecule has 2 fully saturated rings. The third-order valence-electron chi connectivity index (χ3n) is 7.47. The zero-order chi connectivity index (χ0) is 26.5. The van der Waals surface area contributed by atoms with Gasteiger partial charge in [0.15, 0.2) is 10.9 Å². The van der Waals surface area contributed by atoms with Crippen LogP contribution in [0.5, 0.6) is 0 Å². The Hall–Kier alpha value is -3.33. The molecule has 2 aliphatic rings. The smallest absolute Gasteiger partial charge is 0.289 e. The molecule has 1 aliphatic carbocycles. The molecule has 0 N–H and O–H groups in total. The molecule has 9 heteroatoms. The van der Waals surface area contributed by atoms with Gasteiger partial charge in [-0.25, -0.2) is 9.97 Å². The Morgan fingerprint density at radius 3 is 2.39 bits per heavy atom. The second-order valence-corrected chi connectivity index (χ2v) is 11.0. The minimum Gasteiger partial charge on any atom is -0.455 e. The Kier molecular flexibility index (Phi) is 8.32. The van der Waals surface area contributed by atoms with E-state index < -0.39 is 0 Å². The van der Waals surface area contributed by atoms with Crippen molar-refractivity contribution in [1.29, 1.82) is 0 Å². The maximum atomic E-state index is 12.9. The number of benzene rings is 1. The highest BCUT2D eigenvalue weighted by Gasteiger charge is 2.25. The summed E-state index contributed by atoms with van der Waals surface area (Å²) in [5.74, 6) is 2.40. The van der Waals surface area contributed by atoms with Crippen molar-refractivity contribution in [2.75, 3.05) is 38.1 Å². The fourth-order valence-electron chi connectivity index (χ4n) is 5.16. The van der Waals surface area contributed by atoms with Crippen LogP contribution in [0.3, 0.4) is 0 Å². The monoisotopic (exact) mass is 533 g/mol. The molecule has 1 saturated carbocycles. The lowest BCUT2D eigenvalue weighted by Crippen LogP contribution is -2.50. The van der Waals surface area contributed by atoms with Crippen LogP contribution in [0.4, 0.5) is 5.82 Å². The molecule has 3 aromatic rings. The molecule has 1 aliphatic heterocycles. The minimum atomic E-state index is -0.136. The minimum absolute atomic E-state index is 0.0426. The summed E-state index contributed by atoms with van der Waals surface area (Å²) >= 11 is 1.51. The van der Waals surface area contributed by atoms with Gasteiger partial charge in [0.2, 0.25) is 5.91 Å². The number of carbonyl (C=O) groups is 2. The molecule has 2 amide bonds. The molecule has 0 radical (unpaired) electrons. The normalized spacial score (nSPS) is 16.5. The number of hydrogen-bond acceptors (Lipinski definition) is 7. The van der Waals surface area contributed by atoms with Gasteiger partial charge in [0.1, 0.15) is 11.6 Å². The zero-order valence-corrected chi connectivity index (χ0v) is 23.0. The maximum Gasteiger partial charge on any atom is 0.289 e. The fourth-order valence-corrected chi connectivity index (χ4v) is 5.90. The van der Waals surface area contributed by atoms with E-state index in [0.29, 0.717) is 54.7 Å². The first kappa shape index (κ1) is 26.3. The summed E-state index contributed by atoms with van der Waals surface area (Å²) in [4.78, 5) is 40.1. The van der Waals surface area contributed by atoms with Crippen LogP contribution >= 0.6 is 11.8 Å². The standard InChI is InChI=1S/C29H35N5O3S/c1-21(35)33-15-17-34(18-16-33)28(36)26-14-13-24(37-26)20-38-29-30-25(22-9-5-3-6-10-22)19-27(31-29)32(2)23-11-7-4-8-12-23/h3,5-6,9-10,13-14,19,23H,4,7-8,11-12,15-18,20H2,1-2H3. The van der Waals surface area contributed by atoms with Gasteiger partial charge in [-0.15, -0.1) is 0 Å². The predicted molar refractivity (Wildman–Crippen MR) is 149 cm³/mol. The Balaban J connectivity index is 1.28. The van der Waals surface area contributed by atoms with Gasteiger partial charge >= 0.3 is 0 Å². The lowest BCUT2D eigenvalue weighted by molar-refractivity contribution is -0.130. The van der Waals surface area contributed by atoms with Crippen LogP contribution in [-0.2, 0) is 10.5 Å². The van der Waals surface area contributed by atoms with E-state index in [1.165, 1.54) is 43.9 Å². The van der Waals surface area contributed by atoms with Crippen molar-refractivity contribution in [3.8, 4) is 11.3 Å². The quantitative estimate of drug-likeness (QED) is 0.309. The number of piperazine rings is 1. The number of aromatic nitrogens is 2. The fraction of sp³-hybridized carbons (Fsp3) is 0.448. The second-order valence-electron chi connectivity index (χ2n) is 10.0. The van der Waals surface area contributed by atoms with Crippen molar-refractivity contribution >= 4 is 29.4 Å². The summed E-state index contributed by atoms with van der Waals surface area (Å²) < 4.78 is 5.92. The molecule has 0 bridgehead atoms. The van der Waals surface area contributed by atoms with Crippen molar-refractivity contribution in [3.05, 3.63) is 60.1 Å². The van der Waals surface area contributed by atoms with E-state index in [1.54, 1.807) is 22.8 Å². The number of hydrogen-bond donors (Lipinski definition) is 0. The molecule has 0 unspecified atom stereocenters. The van der Waals surface area contributed by atoms with E-state index in [1.807, 2.05) is 24.3 Å². The first-order valence-corrected chi connectivity index (χ1v) is 14.4. The Morgan fingerprint density at radius 1 is 0.974 bits per heavy atom. The summed E-state index contributed by atoms with van der Waals surface area (Å²) in [6.45, 7) is 3.69. The molecular formula is C29H35N5O3S. The highest BCUT2D eigenvalue weighted by molar-refractivity contribution is 7.98. The summed E-state index contributed by atoms with van der Waals surface area (Å²) in [6.07, 6.45) is 6.22. The van der Waals surface area contributed by atoms with E-state index >= 15 is 0 Å². The zero-order valence-electron chi connectivity index (χ0n) is 22.1. The third-order valence-corrected chi connectivity index (χ3v) is 8.34. The first-order chi connectivity index (χ1) is 18.5. The molecule has 200 valence electrons. The molecule has 3 heterocycles. The Bertz CT molecular complexity index is 1250. The van der Waals surface area contributed by atoms with Crippen molar-refractivity contribution in [2.45, 2.75) is 56.0 Å². The number of furan rings is 1. The summed E-state index contributed by atoms with van der Waals surface area (Å²) in [5.41, 5.74) is 1.96. The van der Waals surface area contributed by atoms with E-state index in [0.717, 1.165) is 17.1 Å². The predicted octanol–water partition coefficient (Wildman–Crippen LogP) is 5.10. The van der Waals surface area contributed by atoms with Gasteiger partial charge in [-0.2, -0.15) is 0 Å². The lowest BCUT2D eigenvalue weighted by atomic mass is 9.94. The van der Waals surface area contributed by atoms with Crippen molar-refractivity contribution < 1.29 is 14.0 Å². The average Bonchev–Trinajstić information content (AvgIpc) is 3.45. The van der Waals surface area contributed by atoms with Gasteiger partial charge in [0.25, 0.3) is 5.91 Å². The maximum absolute atomic E-state index is 12.9. The van der Waals surface area contributed by atoms with E-state index in [9.17, 15) is 9.59 Å². The van der Waals surface area contributed by atoms with Crippen molar-refractivity contribution in [1.82, 2.24) is 19.8 Å².